The second kappa shape index (κ2) is 26.2. The van der Waals surface area contributed by atoms with E-state index in [1.54, 1.807) is 0 Å². The summed E-state index contributed by atoms with van der Waals surface area (Å²) in [6.07, 6.45) is 0. The van der Waals surface area contributed by atoms with Crippen LogP contribution in [0.4, 0.5) is 39.8 Å². The van der Waals surface area contributed by atoms with Crippen LogP contribution in [0.25, 0.3) is 127 Å². The summed E-state index contributed by atoms with van der Waals surface area (Å²) >= 11 is 0. The Morgan fingerprint density at radius 1 is 0.306 bits per heavy atom. The van der Waals surface area contributed by atoms with Crippen LogP contribution in [-0.2, 0) is 16.2 Å². The van der Waals surface area contributed by atoms with Crippen LogP contribution in [0.15, 0.2) is 328 Å². The molecule has 17 aromatic rings. The van der Waals surface area contributed by atoms with E-state index in [0.29, 0.717) is 11.3 Å². The molecule has 7 heteroatoms. The Bertz CT molecular complexity index is 6180. The monoisotopic (exact) mass is 1420 g/mol. The molecule has 15 aromatic carbocycles. The van der Waals surface area contributed by atoms with E-state index in [9.17, 15) is 5.26 Å². The number of rotatable bonds is 10. The zero-order valence-electron chi connectivity index (χ0n) is 63.9. The maximum Gasteiger partial charge on any atom is 0.252 e. The van der Waals surface area contributed by atoms with E-state index in [1.165, 1.54) is 38.1 Å². The third kappa shape index (κ3) is 11.4. The van der Waals surface area contributed by atoms with E-state index in [4.69, 9.17) is 6.57 Å². The van der Waals surface area contributed by atoms with Crippen molar-refractivity contribution in [3.8, 4) is 84.2 Å². The van der Waals surface area contributed by atoms with E-state index < -0.39 is 5.41 Å². The standard InChI is InChI=1S/C104H81BN6/c1-102(2,3)75-47-41-67(42-48-75)73-57-85(69-25-13-11-14-26-69)100(87(59-73)71-39-37-66(65-106)38-40-71)110-95-63-79(108-91-33-21-17-29-81(91)82-30-18-22-34-92(82)108)53-55-89(95)105-90-56-54-80(109-93-35-23-19-31-83(93)84-32-20-24-36-94(84)109)64-96(90)111(98-62-77(104(7,8)9)61-97(110)99(98)105)101-86(70-27-15-12-16-28-70)58-74(68-43-49-76(50-44-68)103(4,5)6)60-88(101)72-45-51-78(107-10)52-46-72/h11-64H,1-9H3. The Hall–Kier alpha value is -13.5. The first-order valence-electron chi connectivity index (χ1n) is 38.6. The molecule has 0 spiro atoms. The van der Waals surface area contributed by atoms with Gasteiger partial charge in [-0.2, -0.15) is 5.26 Å². The number of anilines is 6. The number of fused-ring (bicyclic) bond motifs is 10. The minimum Gasteiger partial charge on any atom is -0.310 e. The molecule has 0 saturated carbocycles. The van der Waals surface area contributed by atoms with Gasteiger partial charge in [0, 0.05) is 77.9 Å². The average Bonchev–Trinajstić information content (AvgIpc) is 1.18. The van der Waals surface area contributed by atoms with Gasteiger partial charge in [-0.25, -0.2) is 4.85 Å². The number of benzene rings is 15. The highest BCUT2D eigenvalue weighted by Gasteiger charge is 2.47. The van der Waals surface area contributed by atoms with Gasteiger partial charge in [-0.05, 0) is 191 Å². The predicted octanol–water partition coefficient (Wildman–Crippen LogP) is 26.3. The van der Waals surface area contributed by atoms with Crippen molar-refractivity contribution in [3.05, 3.63) is 361 Å². The van der Waals surface area contributed by atoms with Crippen LogP contribution in [0.2, 0.25) is 0 Å². The lowest BCUT2D eigenvalue weighted by atomic mass is 9.33. The Labute approximate surface area is 650 Å². The van der Waals surface area contributed by atoms with Crippen molar-refractivity contribution in [1.29, 1.82) is 5.26 Å². The summed E-state index contributed by atoms with van der Waals surface area (Å²) in [5.74, 6) is 0. The number of hydrogen-bond donors (Lipinski definition) is 0. The average molecular weight is 1430 g/mol. The molecule has 530 valence electrons. The van der Waals surface area contributed by atoms with Gasteiger partial charge < -0.3 is 18.9 Å². The highest BCUT2D eigenvalue weighted by atomic mass is 15.2. The van der Waals surface area contributed by atoms with Crippen molar-refractivity contribution in [2.24, 2.45) is 0 Å². The van der Waals surface area contributed by atoms with E-state index >= 15 is 0 Å². The minimum absolute atomic E-state index is 0.0485. The summed E-state index contributed by atoms with van der Waals surface area (Å²) in [7, 11) is 0. The fourth-order valence-electron chi connectivity index (χ4n) is 17.5. The molecule has 0 bridgehead atoms. The number of nitrogens with zero attached hydrogens (tertiary/aromatic N) is 6. The van der Waals surface area contributed by atoms with Gasteiger partial charge in [-0.3, -0.25) is 0 Å². The summed E-state index contributed by atoms with van der Waals surface area (Å²) in [6, 6.07) is 124. The molecule has 111 heavy (non-hydrogen) atoms. The predicted molar refractivity (Wildman–Crippen MR) is 469 cm³/mol. The number of aromatic nitrogens is 2. The van der Waals surface area contributed by atoms with Gasteiger partial charge in [0.25, 0.3) is 6.71 Å². The highest BCUT2D eigenvalue weighted by molar-refractivity contribution is 7.00. The summed E-state index contributed by atoms with van der Waals surface area (Å²) in [4.78, 5) is 9.30. The Kier molecular flexibility index (Phi) is 16.1. The summed E-state index contributed by atoms with van der Waals surface area (Å²) in [5.41, 5.74) is 33.3. The molecular formula is C104H81BN6. The first kappa shape index (κ1) is 68.1. The smallest absolute Gasteiger partial charge is 0.252 e. The molecule has 6 nitrogen and oxygen atoms in total. The summed E-state index contributed by atoms with van der Waals surface area (Å²) < 4.78 is 4.93. The lowest BCUT2D eigenvalue weighted by Gasteiger charge is -2.46. The molecule has 0 aliphatic carbocycles. The van der Waals surface area contributed by atoms with Crippen LogP contribution in [-0.4, -0.2) is 15.8 Å². The maximum absolute atomic E-state index is 10.6. The van der Waals surface area contributed by atoms with Crippen LogP contribution in [0.3, 0.4) is 0 Å². The fraction of sp³-hybridized carbons (Fsp3) is 0.115. The minimum atomic E-state index is -0.417. The molecule has 0 unspecified atom stereocenters. The Morgan fingerprint density at radius 2 is 0.631 bits per heavy atom. The van der Waals surface area contributed by atoms with Crippen LogP contribution in [0.1, 0.15) is 84.6 Å². The van der Waals surface area contributed by atoms with E-state index in [1.807, 2.05) is 24.3 Å². The molecule has 2 aliphatic rings. The van der Waals surface area contributed by atoms with Crippen molar-refractivity contribution >= 4 is 107 Å². The molecule has 0 saturated heterocycles. The zero-order chi connectivity index (χ0) is 75.8. The third-order valence-electron chi connectivity index (χ3n) is 23.2. The normalized spacial score (nSPS) is 12.7. The molecule has 0 atom stereocenters. The van der Waals surface area contributed by atoms with Crippen molar-refractivity contribution in [1.82, 2.24) is 9.13 Å². The molecule has 0 fully saturated rings. The first-order valence-corrected chi connectivity index (χ1v) is 38.6. The lowest BCUT2D eigenvalue weighted by Crippen LogP contribution is -2.61. The van der Waals surface area contributed by atoms with E-state index in [0.717, 1.165) is 151 Å². The second-order valence-electron chi connectivity index (χ2n) is 33.1. The first-order chi connectivity index (χ1) is 53.9. The SMILES string of the molecule is [C-]#[N+]c1ccc(-c2cc(-c3ccc(C(C)(C)C)cc3)cc(-c3ccccc3)c2N2c3cc(-n4c5ccccc5c5ccccc54)ccc3B3c4ccc(-n5c6ccccc6c6ccccc65)cc4N(c4c(-c5ccccc5)cc(-c5ccc(C(C)(C)C)cc5)cc4-c4ccc(C#N)cc4)c4cc(C(C)(C)C)cc2c43)cc1. The Balaban J connectivity index is 0.993. The third-order valence-corrected chi connectivity index (χ3v) is 23.2. The molecular weight excluding hydrogens is 1340 g/mol. The van der Waals surface area contributed by atoms with Crippen molar-refractivity contribution in [2.45, 2.75) is 78.6 Å². The topological polar surface area (TPSA) is 44.5 Å². The van der Waals surface area contributed by atoms with Crippen LogP contribution < -0.4 is 26.2 Å². The number of hydrogen-bond acceptors (Lipinski definition) is 3. The molecule has 0 radical (unpaired) electrons. The van der Waals surface area contributed by atoms with E-state index in [-0.39, 0.29) is 17.5 Å². The van der Waals surface area contributed by atoms with Crippen LogP contribution >= 0.6 is 0 Å². The Morgan fingerprint density at radius 3 is 0.973 bits per heavy atom. The van der Waals surface area contributed by atoms with Crippen molar-refractivity contribution in [3.63, 3.8) is 0 Å². The zero-order valence-corrected chi connectivity index (χ0v) is 63.9. The summed E-state index contributed by atoms with van der Waals surface area (Å²) in [6.45, 7) is 28.7. The molecule has 0 N–H and O–H groups in total. The van der Waals surface area contributed by atoms with Gasteiger partial charge in [0.1, 0.15) is 0 Å². The molecule has 2 aromatic heterocycles. The quantitative estimate of drug-likeness (QED) is 0.101. The molecule has 19 rings (SSSR count). The van der Waals surface area contributed by atoms with Crippen molar-refractivity contribution < 1.29 is 0 Å². The fourth-order valence-corrected chi connectivity index (χ4v) is 17.5. The largest absolute Gasteiger partial charge is 0.310 e. The van der Waals surface area contributed by atoms with Crippen LogP contribution in [0.5, 0.6) is 0 Å². The van der Waals surface area contributed by atoms with Gasteiger partial charge in [-0.1, -0.05) is 293 Å². The molecule has 0 amide bonds. The van der Waals surface area contributed by atoms with Gasteiger partial charge in [-0.15, -0.1) is 0 Å². The van der Waals surface area contributed by atoms with Gasteiger partial charge >= 0.3 is 0 Å². The molecule has 4 heterocycles. The lowest BCUT2D eigenvalue weighted by molar-refractivity contribution is 0.590. The second-order valence-corrected chi connectivity index (χ2v) is 33.1. The van der Waals surface area contributed by atoms with Gasteiger partial charge in [0.05, 0.1) is 51.6 Å². The summed E-state index contributed by atoms with van der Waals surface area (Å²) in [5, 5.41) is 15.3. The number of para-hydroxylation sites is 4. The number of nitriles is 1. The van der Waals surface area contributed by atoms with Crippen molar-refractivity contribution in [2.75, 3.05) is 9.80 Å². The van der Waals surface area contributed by atoms with Crippen LogP contribution in [0, 0.1) is 17.9 Å². The molecule has 2 aliphatic heterocycles. The maximum atomic E-state index is 10.6. The van der Waals surface area contributed by atoms with Gasteiger partial charge in [0.15, 0.2) is 5.69 Å². The highest BCUT2D eigenvalue weighted by Crippen LogP contribution is 2.56. The van der Waals surface area contributed by atoms with E-state index in [2.05, 4.69) is 395 Å². The van der Waals surface area contributed by atoms with Gasteiger partial charge in [0.2, 0.25) is 0 Å².